The minimum absolute atomic E-state index is 0.109. The molecule has 0 saturated heterocycles. The van der Waals surface area contributed by atoms with Gasteiger partial charge in [0.2, 0.25) is 0 Å². The second-order valence-electron chi connectivity index (χ2n) is 4.03. The molecule has 0 atom stereocenters. The summed E-state index contributed by atoms with van der Waals surface area (Å²) in [4.78, 5) is 11.9. The number of methoxy groups -OCH3 is 1. The number of rotatable bonds is 4. The highest BCUT2D eigenvalue weighted by atomic mass is 16.5. The van der Waals surface area contributed by atoms with Gasteiger partial charge in [0.05, 0.1) is 18.2 Å². The number of amidine groups is 1. The minimum atomic E-state index is -0.455. The fourth-order valence-electron chi connectivity index (χ4n) is 1.70. The van der Waals surface area contributed by atoms with E-state index in [-0.39, 0.29) is 5.84 Å². The highest BCUT2D eigenvalue weighted by molar-refractivity contribution is 5.98. The Morgan fingerprint density at radius 2 is 1.85 bits per heavy atom. The van der Waals surface area contributed by atoms with Crippen LogP contribution in [0.15, 0.2) is 48.5 Å². The van der Waals surface area contributed by atoms with Gasteiger partial charge in [0.25, 0.3) is 0 Å². The first-order valence-corrected chi connectivity index (χ1v) is 5.91. The number of hydrogen-bond acceptors (Lipinski definition) is 4. The third-order valence-corrected chi connectivity index (χ3v) is 2.68. The molecule has 0 bridgehead atoms. The van der Waals surface area contributed by atoms with E-state index in [2.05, 4.69) is 0 Å². The molecule has 3 N–H and O–H groups in total. The predicted octanol–water partition coefficient (Wildman–Crippen LogP) is 2.20. The van der Waals surface area contributed by atoms with Gasteiger partial charge in [-0.05, 0) is 24.3 Å². The second kappa shape index (κ2) is 5.88. The fourth-order valence-corrected chi connectivity index (χ4v) is 1.70. The maximum Gasteiger partial charge on any atom is 0.343 e. The zero-order valence-corrected chi connectivity index (χ0v) is 10.9. The number of carbonyl (C=O) groups is 1. The second-order valence-corrected chi connectivity index (χ2v) is 4.03. The van der Waals surface area contributed by atoms with Crippen molar-refractivity contribution in [3.05, 3.63) is 59.7 Å². The van der Waals surface area contributed by atoms with E-state index in [1.54, 1.807) is 36.4 Å². The van der Waals surface area contributed by atoms with Crippen molar-refractivity contribution in [3.63, 3.8) is 0 Å². The van der Waals surface area contributed by atoms with Crippen LogP contribution in [0.1, 0.15) is 15.9 Å². The molecule has 102 valence electrons. The molecule has 0 saturated carbocycles. The summed E-state index contributed by atoms with van der Waals surface area (Å²) in [6.07, 6.45) is 0. The summed E-state index contributed by atoms with van der Waals surface area (Å²) >= 11 is 0. The van der Waals surface area contributed by atoms with Crippen LogP contribution in [0.25, 0.3) is 0 Å². The van der Waals surface area contributed by atoms with Crippen molar-refractivity contribution < 1.29 is 14.3 Å². The Labute approximate surface area is 116 Å². The largest absolute Gasteiger partial charge is 0.496 e. The Hall–Kier alpha value is -2.82. The molecular weight excluding hydrogens is 256 g/mol. The number of benzene rings is 2. The lowest BCUT2D eigenvalue weighted by Gasteiger charge is -2.10. The van der Waals surface area contributed by atoms with Crippen LogP contribution in [0.5, 0.6) is 11.5 Å². The topological polar surface area (TPSA) is 85.4 Å². The van der Waals surface area contributed by atoms with Crippen LogP contribution in [0, 0.1) is 5.41 Å². The van der Waals surface area contributed by atoms with Gasteiger partial charge >= 0.3 is 5.97 Å². The van der Waals surface area contributed by atoms with Gasteiger partial charge in [0.1, 0.15) is 17.3 Å². The average molecular weight is 270 g/mol. The molecular formula is C15H14N2O3. The first-order chi connectivity index (χ1) is 9.61. The number of esters is 1. The Bertz CT molecular complexity index is 639. The Balaban J connectivity index is 2.22. The molecule has 0 aliphatic heterocycles. The quantitative estimate of drug-likeness (QED) is 0.386. The molecule has 5 nitrogen and oxygen atoms in total. The van der Waals surface area contributed by atoms with E-state index in [1.165, 1.54) is 13.2 Å². The third kappa shape index (κ3) is 2.95. The van der Waals surface area contributed by atoms with Crippen LogP contribution < -0.4 is 15.2 Å². The monoisotopic (exact) mass is 270 g/mol. The van der Waals surface area contributed by atoms with Crippen molar-refractivity contribution in [3.8, 4) is 11.5 Å². The lowest BCUT2D eigenvalue weighted by atomic mass is 10.1. The van der Waals surface area contributed by atoms with E-state index in [0.717, 1.165) is 0 Å². The highest BCUT2D eigenvalue weighted by Crippen LogP contribution is 2.25. The number of carbonyl (C=O) groups excluding carboxylic acids is 1. The first kappa shape index (κ1) is 13.6. The molecule has 0 spiro atoms. The summed E-state index contributed by atoms with van der Waals surface area (Å²) in [5.74, 6) is 0.155. The summed E-state index contributed by atoms with van der Waals surface area (Å²) in [6.45, 7) is 0. The Morgan fingerprint density at radius 3 is 2.45 bits per heavy atom. The molecule has 0 radical (unpaired) electrons. The molecule has 5 heteroatoms. The van der Waals surface area contributed by atoms with E-state index in [0.29, 0.717) is 22.6 Å². The summed E-state index contributed by atoms with van der Waals surface area (Å²) in [5.41, 5.74) is 6.34. The molecule has 2 rings (SSSR count). The third-order valence-electron chi connectivity index (χ3n) is 2.68. The lowest BCUT2D eigenvalue weighted by Crippen LogP contribution is -2.13. The smallest absolute Gasteiger partial charge is 0.343 e. The summed E-state index contributed by atoms with van der Waals surface area (Å²) in [7, 11) is 1.46. The average Bonchev–Trinajstić information content (AvgIpc) is 2.47. The molecule has 0 amide bonds. The molecule has 0 aromatic heterocycles. The summed E-state index contributed by atoms with van der Waals surface area (Å²) in [6, 6.07) is 13.4. The van der Waals surface area contributed by atoms with Crippen molar-refractivity contribution >= 4 is 11.8 Å². The number of hydrogen-bond donors (Lipinski definition) is 2. The number of ether oxygens (including phenoxy) is 2. The molecule has 2 aromatic rings. The van der Waals surface area contributed by atoms with Gasteiger partial charge in [0.15, 0.2) is 0 Å². The minimum Gasteiger partial charge on any atom is -0.496 e. The standard InChI is InChI=1S/C15H14N2O3/c1-19-13-9-11(7-8-12(13)14(16)17)20-15(18)10-5-3-2-4-6-10/h2-9H,1H3,(H3,16,17). The van der Waals surface area contributed by atoms with Gasteiger partial charge < -0.3 is 15.2 Å². The van der Waals surface area contributed by atoms with E-state index in [1.807, 2.05) is 6.07 Å². The van der Waals surface area contributed by atoms with Gasteiger partial charge in [-0.15, -0.1) is 0 Å². The fraction of sp³-hybridized carbons (Fsp3) is 0.0667. The highest BCUT2D eigenvalue weighted by Gasteiger charge is 2.11. The molecule has 0 heterocycles. The van der Waals surface area contributed by atoms with E-state index >= 15 is 0 Å². The first-order valence-electron chi connectivity index (χ1n) is 5.91. The zero-order chi connectivity index (χ0) is 14.5. The molecule has 0 fully saturated rings. The maximum atomic E-state index is 11.9. The van der Waals surface area contributed by atoms with Gasteiger partial charge in [-0.1, -0.05) is 18.2 Å². The van der Waals surface area contributed by atoms with Gasteiger partial charge in [-0.2, -0.15) is 0 Å². The van der Waals surface area contributed by atoms with Crippen LogP contribution in [0.3, 0.4) is 0 Å². The SMILES string of the molecule is COc1cc(OC(=O)c2ccccc2)ccc1C(=N)N. The number of nitrogens with two attached hydrogens (primary N) is 1. The molecule has 20 heavy (non-hydrogen) atoms. The van der Waals surface area contributed by atoms with Crippen LogP contribution in [-0.2, 0) is 0 Å². The molecule has 2 aromatic carbocycles. The summed E-state index contributed by atoms with van der Waals surface area (Å²) in [5, 5.41) is 7.42. The van der Waals surface area contributed by atoms with E-state index in [9.17, 15) is 4.79 Å². The van der Waals surface area contributed by atoms with Crippen molar-refractivity contribution in [1.29, 1.82) is 5.41 Å². The van der Waals surface area contributed by atoms with Gasteiger partial charge in [-0.3, -0.25) is 5.41 Å². The van der Waals surface area contributed by atoms with Crippen LogP contribution in [0.2, 0.25) is 0 Å². The molecule has 0 unspecified atom stereocenters. The molecule has 0 aliphatic rings. The normalized spacial score (nSPS) is 9.85. The van der Waals surface area contributed by atoms with Gasteiger partial charge in [-0.25, -0.2) is 4.79 Å². The van der Waals surface area contributed by atoms with Gasteiger partial charge in [0, 0.05) is 6.07 Å². The van der Waals surface area contributed by atoms with Crippen molar-refractivity contribution in [1.82, 2.24) is 0 Å². The number of nitrogen functional groups attached to an aromatic ring is 1. The Morgan fingerprint density at radius 1 is 1.15 bits per heavy atom. The number of nitrogens with one attached hydrogen (secondary N) is 1. The predicted molar refractivity (Wildman–Crippen MR) is 75.4 cm³/mol. The van der Waals surface area contributed by atoms with E-state index < -0.39 is 5.97 Å². The summed E-state index contributed by atoms with van der Waals surface area (Å²) < 4.78 is 10.4. The Kier molecular flexibility index (Phi) is 4.00. The van der Waals surface area contributed by atoms with E-state index in [4.69, 9.17) is 20.6 Å². The van der Waals surface area contributed by atoms with Crippen molar-refractivity contribution in [2.24, 2.45) is 5.73 Å². The molecule has 0 aliphatic carbocycles. The maximum absolute atomic E-state index is 11.9. The van der Waals surface area contributed by atoms with Crippen LogP contribution >= 0.6 is 0 Å². The lowest BCUT2D eigenvalue weighted by molar-refractivity contribution is 0.0734. The zero-order valence-electron chi connectivity index (χ0n) is 10.9. The van der Waals surface area contributed by atoms with Crippen LogP contribution in [-0.4, -0.2) is 18.9 Å². The van der Waals surface area contributed by atoms with Crippen LogP contribution in [0.4, 0.5) is 0 Å². The van der Waals surface area contributed by atoms with Crippen molar-refractivity contribution in [2.45, 2.75) is 0 Å². The van der Waals surface area contributed by atoms with Crippen molar-refractivity contribution in [2.75, 3.05) is 7.11 Å².